The molecular weight excluding hydrogens is 226 g/mol. The Hall–Kier alpha value is -1.55. The highest BCUT2D eigenvalue weighted by Gasteiger charge is 2.14. The van der Waals surface area contributed by atoms with Gasteiger partial charge in [-0.25, -0.2) is 10.6 Å². The molecule has 0 bridgehead atoms. The molecule has 0 saturated heterocycles. The summed E-state index contributed by atoms with van der Waals surface area (Å²) >= 11 is 0. The second-order valence-corrected chi connectivity index (χ2v) is 5.54. The molecule has 2 amide bonds. The van der Waals surface area contributed by atoms with Crippen LogP contribution in [-0.2, 0) is 11.8 Å². The van der Waals surface area contributed by atoms with Crippen LogP contribution >= 0.6 is 0 Å². The Labute approximate surface area is 109 Å². The molecule has 0 aliphatic heterocycles. The molecule has 0 unspecified atom stereocenters. The van der Waals surface area contributed by atoms with Crippen LogP contribution in [0, 0.1) is 6.92 Å². The maximum atomic E-state index is 11.0. The average Bonchev–Trinajstić information content (AvgIpc) is 2.29. The number of nitrogens with two attached hydrogens (primary N) is 1. The van der Waals surface area contributed by atoms with Gasteiger partial charge in [0.1, 0.15) is 0 Å². The molecule has 0 spiro atoms. The number of aryl methyl sites for hydroxylation is 1. The number of carbonyl (C=O) groups excluding carboxylic acids is 1. The van der Waals surface area contributed by atoms with E-state index in [9.17, 15) is 4.79 Å². The zero-order chi connectivity index (χ0) is 13.8. The minimum Gasteiger partial charge on any atom is -0.337 e. The molecule has 0 aliphatic carbocycles. The van der Waals surface area contributed by atoms with Gasteiger partial charge in [-0.2, -0.15) is 0 Å². The maximum absolute atomic E-state index is 11.0. The topological polar surface area (TPSA) is 67.2 Å². The van der Waals surface area contributed by atoms with Gasteiger partial charge in [-0.15, -0.1) is 0 Å². The lowest BCUT2D eigenvalue weighted by Crippen LogP contribution is -2.40. The summed E-state index contributed by atoms with van der Waals surface area (Å²) < 4.78 is 0. The number of hydrogen-bond donors (Lipinski definition) is 3. The van der Waals surface area contributed by atoms with Crippen LogP contribution in [0.5, 0.6) is 0 Å². The third-order valence-electron chi connectivity index (χ3n) is 3.03. The van der Waals surface area contributed by atoms with E-state index in [0.29, 0.717) is 6.54 Å². The quantitative estimate of drug-likeness (QED) is 0.436. The van der Waals surface area contributed by atoms with Crippen LogP contribution in [0.1, 0.15) is 37.5 Å². The van der Waals surface area contributed by atoms with Crippen LogP contribution in [0.15, 0.2) is 18.2 Å². The van der Waals surface area contributed by atoms with Crippen molar-refractivity contribution in [1.29, 1.82) is 0 Å². The summed E-state index contributed by atoms with van der Waals surface area (Å²) in [5.41, 5.74) is 6.02. The van der Waals surface area contributed by atoms with Crippen molar-refractivity contribution < 1.29 is 4.79 Å². The number of benzene rings is 1. The Morgan fingerprint density at radius 3 is 2.56 bits per heavy atom. The minimum atomic E-state index is -0.348. The molecule has 4 nitrogen and oxygen atoms in total. The first-order valence-corrected chi connectivity index (χ1v) is 6.19. The lowest BCUT2D eigenvalue weighted by molar-refractivity contribution is 0.241. The van der Waals surface area contributed by atoms with Crippen LogP contribution in [0.4, 0.5) is 4.79 Å². The Kier molecular flexibility index (Phi) is 4.73. The molecule has 4 heteroatoms. The van der Waals surface area contributed by atoms with Crippen molar-refractivity contribution in [2.75, 3.05) is 6.54 Å². The van der Waals surface area contributed by atoms with Crippen molar-refractivity contribution in [1.82, 2.24) is 10.7 Å². The summed E-state index contributed by atoms with van der Waals surface area (Å²) in [4.78, 5) is 11.0. The van der Waals surface area contributed by atoms with E-state index < -0.39 is 0 Å². The third kappa shape index (κ3) is 4.04. The molecule has 1 rings (SSSR count). The molecule has 100 valence electrons. The first-order chi connectivity index (χ1) is 8.34. The maximum Gasteiger partial charge on any atom is 0.328 e. The van der Waals surface area contributed by atoms with Crippen LogP contribution in [0.3, 0.4) is 0 Å². The van der Waals surface area contributed by atoms with Crippen molar-refractivity contribution in [3.05, 3.63) is 34.9 Å². The fraction of sp³-hybridized carbons (Fsp3) is 0.500. The van der Waals surface area contributed by atoms with Crippen molar-refractivity contribution in [2.45, 2.75) is 39.5 Å². The molecule has 0 heterocycles. The van der Waals surface area contributed by atoms with E-state index in [1.807, 2.05) is 0 Å². The zero-order valence-electron chi connectivity index (χ0n) is 11.6. The summed E-state index contributed by atoms with van der Waals surface area (Å²) in [6.07, 6.45) is 0.809. The normalized spacial score (nSPS) is 11.2. The van der Waals surface area contributed by atoms with Gasteiger partial charge in [0, 0.05) is 6.54 Å². The summed E-state index contributed by atoms with van der Waals surface area (Å²) in [6.45, 7) is 9.26. The Morgan fingerprint density at radius 2 is 2.00 bits per heavy atom. The SMILES string of the molecule is Cc1ccc(C(C)(C)C)cc1CCNC(=O)NN. The van der Waals surface area contributed by atoms with Crippen molar-refractivity contribution >= 4 is 6.03 Å². The number of carbonyl (C=O) groups is 1. The molecular formula is C14H23N3O. The lowest BCUT2D eigenvalue weighted by Gasteiger charge is -2.21. The van der Waals surface area contributed by atoms with Crippen molar-refractivity contribution in [3.63, 3.8) is 0 Å². The molecule has 0 radical (unpaired) electrons. The van der Waals surface area contributed by atoms with E-state index in [-0.39, 0.29) is 11.4 Å². The number of rotatable bonds is 3. The summed E-state index contributed by atoms with van der Waals surface area (Å²) in [6, 6.07) is 6.18. The highest BCUT2D eigenvalue weighted by molar-refractivity contribution is 5.72. The molecule has 0 aromatic heterocycles. The van der Waals surface area contributed by atoms with Crippen LogP contribution in [0.25, 0.3) is 0 Å². The van der Waals surface area contributed by atoms with Gasteiger partial charge in [-0.3, -0.25) is 5.43 Å². The molecule has 0 fully saturated rings. The van der Waals surface area contributed by atoms with Gasteiger partial charge >= 0.3 is 6.03 Å². The first kappa shape index (κ1) is 14.5. The second-order valence-electron chi connectivity index (χ2n) is 5.54. The van der Waals surface area contributed by atoms with Gasteiger partial charge in [0.15, 0.2) is 0 Å². The summed E-state index contributed by atoms with van der Waals surface area (Å²) in [5, 5.41) is 2.69. The van der Waals surface area contributed by atoms with E-state index in [2.05, 4.69) is 56.6 Å². The number of hydrogen-bond acceptors (Lipinski definition) is 2. The molecule has 4 N–H and O–H groups in total. The molecule has 0 atom stereocenters. The van der Waals surface area contributed by atoms with Gasteiger partial charge in [0.25, 0.3) is 0 Å². The summed E-state index contributed by atoms with van der Waals surface area (Å²) in [7, 11) is 0. The Bertz CT molecular complexity index is 422. The highest BCUT2D eigenvalue weighted by atomic mass is 16.2. The van der Waals surface area contributed by atoms with E-state index in [1.165, 1.54) is 16.7 Å². The van der Waals surface area contributed by atoms with Gasteiger partial charge in [-0.1, -0.05) is 39.0 Å². The van der Waals surface area contributed by atoms with Gasteiger partial charge in [0.05, 0.1) is 0 Å². The number of hydrazine groups is 1. The second kappa shape index (κ2) is 5.87. The molecule has 0 saturated carbocycles. The van der Waals surface area contributed by atoms with Gasteiger partial charge < -0.3 is 5.32 Å². The Balaban J connectivity index is 2.73. The van der Waals surface area contributed by atoms with E-state index >= 15 is 0 Å². The largest absolute Gasteiger partial charge is 0.337 e. The monoisotopic (exact) mass is 249 g/mol. The molecule has 0 aliphatic rings. The number of nitrogens with one attached hydrogen (secondary N) is 2. The van der Waals surface area contributed by atoms with Gasteiger partial charge in [-0.05, 0) is 35.4 Å². The minimum absolute atomic E-state index is 0.143. The predicted molar refractivity (Wildman–Crippen MR) is 74.3 cm³/mol. The highest BCUT2D eigenvalue weighted by Crippen LogP contribution is 2.24. The van der Waals surface area contributed by atoms with Crippen molar-refractivity contribution in [3.8, 4) is 0 Å². The number of urea groups is 1. The molecule has 1 aromatic rings. The third-order valence-corrected chi connectivity index (χ3v) is 3.03. The fourth-order valence-corrected chi connectivity index (χ4v) is 1.77. The van der Waals surface area contributed by atoms with E-state index in [0.717, 1.165) is 6.42 Å². The van der Waals surface area contributed by atoms with Crippen molar-refractivity contribution in [2.24, 2.45) is 5.84 Å². The van der Waals surface area contributed by atoms with Crippen LogP contribution in [-0.4, -0.2) is 12.6 Å². The Morgan fingerprint density at radius 1 is 1.33 bits per heavy atom. The van der Waals surface area contributed by atoms with Crippen LogP contribution in [0.2, 0.25) is 0 Å². The number of amides is 2. The fourth-order valence-electron chi connectivity index (χ4n) is 1.77. The first-order valence-electron chi connectivity index (χ1n) is 6.19. The lowest BCUT2D eigenvalue weighted by atomic mass is 9.85. The van der Waals surface area contributed by atoms with E-state index in [4.69, 9.17) is 5.84 Å². The average molecular weight is 249 g/mol. The smallest absolute Gasteiger partial charge is 0.328 e. The molecule has 1 aromatic carbocycles. The van der Waals surface area contributed by atoms with E-state index in [1.54, 1.807) is 0 Å². The zero-order valence-corrected chi connectivity index (χ0v) is 11.6. The predicted octanol–water partition coefficient (Wildman–Crippen LogP) is 2.01. The molecule has 18 heavy (non-hydrogen) atoms. The standard InChI is InChI=1S/C14H23N3O/c1-10-5-6-12(14(2,3)4)9-11(10)7-8-16-13(18)17-15/h5-6,9H,7-8,15H2,1-4H3,(H2,16,17,18). The van der Waals surface area contributed by atoms with Gasteiger partial charge in [0.2, 0.25) is 0 Å². The van der Waals surface area contributed by atoms with Crippen LogP contribution < -0.4 is 16.6 Å². The summed E-state index contributed by atoms with van der Waals surface area (Å²) in [5.74, 6) is 5.00.